The Balaban J connectivity index is 2.87. The average Bonchev–Trinajstić information content (AvgIpc) is 2.23. The van der Waals surface area contributed by atoms with Gasteiger partial charge in [0.1, 0.15) is 11.5 Å². The first-order chi connectivity index (χ1) is 6.72. The molecule has 0 aliphatic carbocycles. The molecule has 4 heteroatoms. The van der Waals surface area contributed by atoms with E-state index in [1.807, 2.05) is 0 Å². The Morgan fingerprint density at radius 3 is 2.86 bits per heavy atom. The van der Waals surface area contributed by atoms with Crippen molar-refractivity contribution in [1.29, 1.82) is 0 Å². The number of nitrogens with one attached hydrogen (secondary N) is 1. The Morgan fingerprint density at radius 1 is 1.36 bits per heavy atom. The summed E-state index contributed by atoms with van der Waals surface area (Å²) in [4.78, 5) is 13.8. The third-order valence-corrected chi connectivity index (χ3v) is 2.09. The summed E-state index contributed by atoms with van der Waals surface area (Å²) in [6, 6.07) is 4.92. The molecule has 1 aromatic carbocycles. The van der Waals surface area contributed by atoms with Gasteiger partial charge >= 0.3 is 0 Å². The monoisotopic (exact) mass is 191 g/mol. The fourth-order valence-electron chi connectivity index (χ4n) is 1.35. The number of fused-ring (bicyclic) bond motifs is 1. The molecule has 0 aliphatic heterocycles. The molecule has 2 aromatic rings. The summed E-state index contributed by atoms with van der Waals surface area (Å²) in [5.41, 5.74) is -0.222. The minimum Gasteiger partial charge on any atom is -0.506 e. The topological polar surface area (TPSA) is 62.3 Å². The fourth-order valence-corrected chi connectivity index (χ4v) is 1.35. The maximum atomic E-state index is 11.3. The molecule has 72 valence electrons. The van der Waals surface area contributed by atoms with Gasteiger partial charge in [0.25, 0.3) is 5.56 Å². The zero-order chi connectivity index (χ0) is 10.1. The summed E-state index contributed by atoms with van der Waals surface area (Å²) in [7, 11) is 1.53. The maximum Gasteiger partial charge on any atom is 0.256 e. The third-order valence-electron chi connectivity index (χ3n) is 2.09. The van der Waals surface area contributed by atoms with Crippen molar-refractivity contribution in [3.63, 3.8) is 0 Å². The van der Waals surface area contributed by atoms with Gasteiger partial charge in [-0.05, 0) is 18.2 Å². The number of aromatic nitrogens is 1. The van der Waals surface area contributed by atoms with Crippen molar-refractivity contribution in [2.24, 2.45) is 0 Å². The number of hydrogen-bond acceptors (Lipinski definition) is 3. The summed E-state index contributed by atoms with van der Waals surface area (Å²) >= 11 is 0. The predicted molar refractivity (Wildman–Crippen MR) is 52.8 cm³/mol. The van der Waals surface area contributed by atoms with Gasteiger partial charge in [-0.3, -0.25) is 4.79 Å². The van der Waals surface area contributed by atoms with Crippen LogP contribution in [-0.2, 0) is 0 Å². The second-order valence-corrected chi connectivity index (χ2v) is 2.91. The molecule has 0 aliphatic rings. The summed E-state index contributed by atoms with van der Waals surface area (Å²) in [5.74, 6) is 0.650. The van der Waals surface area contributed by atoms with E-state index in [9.17, 15) is 9.90 Å². The molecule has 2 rings (SSSR count). The van der Waals surface area contributed by atoms with Crippen LogP contribution in [0.5, 0.6) is 11.5 Å². The quantitative estimate of drug-likeness (QED) is 0.712. The van der Waals surface area contributed by atoms with Crippen molar-refractivity contribution in [2.45, 2.75) is 0 Å². The van der Waals surface area contributed by atoms with E-state index >= 15 is 0 Å². The van der Waals surface area contributed by atoms with Crippen LogP contribution in [0, 0.1) is 0 Å². The lowest BCUT2D eigenvalue weighted by atomic mass is 10.1. The SMILES string of the molecule is COc1ccc2c(=O)[nH]cc(O)c2c1. The number of rotatable bonds is 1. The first-order valence-corrected chi connectivity index (χ1v) is 4.11. The van der Waals surface area contributed by atoms with E-state index in [4.69, 9.17) is 4.74 Å². The first kappa shape index (κ1) is 8.62. The maximum absolute atomic E-state index is 11.3. The van der Waals surface area contributed by atoms with E-state index in [0.717, 1.165) is 0 Å². The van der Waals surface area contributed by atoms with Crippen LogP contribution in [-0.4, -0.2) is 17.2 Å². The molecule has 4 nitrogen and oxygen atoms in total. The van der Waals surface area contributed by atoms with Crippen molar-refractivity contribution in [1.82, 2.24) is 4.98 Å². The standard InChI is InChI=1S/C10H9NO3/c1-14-6-2-3-7-8(4-6)9(12)5-11-10(7)13/h2-5,12H,1H3,(H,11,13). The van der Waals surface area contributed by atoms with E-state index < -0.39 is 0 Å². The molecule has 1 aromatic heterocycles. The van der Waals surface area contributed by atoms with Crippen molar-refractivity contribution in [2.75, 3.05) is 7.11 Å². The second kappa shape index (κ2) is 3.06. The summed E-state index contributed by atoms with van der Waals surface area (Å²) in [6.07, 6.45) is 1.27. The van der Waals surface area contributed by atoms with Crippen LogP contribution < -0.4 is 10.3 Å². The minimum atomic E-state index is -0.222. The van der Waals surface area contributed by atoms with Crippen molar-refractivity contribution in [3.8, 4) is 11.5 Å². The zero-order valence-electron chi connectivity index (χ0n) is 7.57. The van der Waals surface area contributed by atoms with E-state index in [1.54, 1.807) is 18.2 Å². The molecule has 14 heavy (non-hydrogen) atoms. The zero-order valence-corrected chi connectivity index (χ0v) is 7.57. The van der Waals surface area contributed by atoms with E-state index in [-0.39, 0.29) is 11.3 Å². The van der Waals surface area contributed by atoms with Crippen molar-refractivity contribution < 1.29 is 9.84 Å². The molecule has 0 saturated carbocycles. The highest BCUT2D eigenvalue weighted by atomic mass is 16.5. The molecule has 0 atom stereocenters. The summed E-state index contributed by atoms with van der Waals surface area (Å²) in [6.45, 7) is 0. The molecular formula is C10H9NO3. The van der Waals surface area contributed by atoms with Gasteiger partial charge in [0.05, 0.1) is 12.5 Å². The van der Waals surface area contributed by atoms with Crippen LogP contribution in [0.15, 0.2) is 29.2 Å². The molecule has 0 saturated heterocycles. The smallest absolute Gasteiger partial charge is 0.256 e. The van der Waals surface area contributed by atoms with Crippen LogP contribution in [0.3, 0.4) is 0 Å². The largest absolute Gasteiger partial charge is 0.506 e. The Kier molecular flexibility index (Phi) is 1.89. The molecule has 0 amide bonds. The van der Waals surface area contributed by atoms with Crippen LogP contribution in [0.25, 0.3) is 10.8 Å². The van der Waals surface area contributed by atoms with Gasteiger partial charge in [0.15, 0.2) is 0 Å². The lowest BCUT2D eigenvalue weighted by Gasteiger charge is -2.02. The van der Waals surface area contributed by atoms with Crippen molar-refractivity contribution >= 4 is 10.8 Å². The number of aromatic hydroxyl groups is 1. The van der Waals surface area contributed by atoms with Crippen LogP contribution >= 0.6 is 0 Å². The fraction of sp³-hybridized carbons (Fsp3) is 0.100. The molecule has 0 fully saturated rings. The minimum absolute atomic E-state index is 0.0403. The normalized spacial score (nSPS) is 10.4. The number of ether oxygens (including phenoxy) is 1. The molecular weight excluding hydrogens is 182 g/mol. The van der Waals surface area contributed by atoms with E-state index in [0.29, 0.717) is 16.5 Å². The number of benzene rings is 1. The predicted octanol–water partition coefficient (Wildman–Crippen LogP) is 1.24. The highest BCUT2D eigenvalue weighted by Gasteiger charge is 2.04. The van der Waals surface area contributed by atoms with Gasteiger partial charge in [-0.2, -0.15) is 0 Å². The average molecular weight is 191 g/mol. The molecule has 0 spiro atoms. The first-order valence-electron chi connectivity index (χ1n) is 4.11. The highest BCUT2D eigenvalue weighted by Crippen LogP contribution is 2.24. The summed E-state index contributed by atoms with van der Waals surface area (Å²) in [5, 5.41) is 10.4. The van der Waals surface area contributed by atoms with Gasteiger partial charge in [-0.25, -0.2) is 0 Å². The van der Waals surface area contributed by atoms with Crippen LogP contribution in [0.1, 0.15) is 0 Å². The molecule has 2 N–H and O–H groups in total. The molecule has 0 unspecified atom stereocenters. The van der Waals surface area contributed by atoms with Crippen molar-refractivity contribution in [3.05, 3.63) is 34.7 Å². The molecule has 0 bridgehead atoms. The van der Waals surface area contributed by atoms with Gasteiger partial charge < -0.3 is 14.8 Å². The number of H-pyrrole nitrogens is 1. The van der Waals surface area contributed by atoms with Gasteiger partial charge in [-0.15, -0.1) is 0 Å². The number of aromatic amines is 1. The molecule has 0 radical (unpaired) electrons. The Hall–Kier alpha value is -1.97. The van der Waals surface area contributed by atoms with E-state index in [2.05, 4.69) is 4.98 Å². The number of pyridine rings is 1. The van der Waals surface area contributed by atoms with Crippen LogP contribution in [0.4, 0.5) is 0 Å². The Morgan fingerprint density at radius 2 is 2.14 bits per heavy atom. The van der Waals surface area contributed by atoms with Crippen LogP contribution in [0.2, 0.25) is 0 Å². The lowest BCUT2D eigenvalue weighted by Crippen LogP contribution is -2.04. The van der Waals surface area contributed by atoms with E-state index in [1.165, 1.54) is 13.3 Å². The third kappa shape index (κ3) is 1.21. The van der Waals surface area contributed by atoms with Gasteiger partial charge in [0.2, 0.25) is 0 Å². The Bertz CT molecular complexity index is 530. The highest BCUT2D eigenvalue weighted by molar-refractivity contribution is 5.88. The lowest BCUT2D eigenvalue weighted by molar-refractivity contribution is 0.415. The van der Waals surface area contributed by atoms with Gasteiger partial charge in [0, 0.05) is 11.6 Å². The van der Waals surface area contributed by atoms with Gasteiger partial charge in [-0.1, -0.05) is 0 Å². The Labute approximate surface area is 79.8 Å². The number of methoxy groups -OCH3 is 1. The second-order valence-electron chi connectivity index (χ2n) is 2.91. The number of hydrogen-bond donors (Lipinski definition) is 2. The summed E-state index contributed by atoms with van der Waals surface area (Å²) < 4.78 is 4.99. The molecule has 1 heterocycles.